The van der Waals surface area contributed by atoms with Crippen molar-refractivity contribution in [1.29, 1.82) is 0 Å². The van der Waals surface area contributed by atoms with Gasteiger partial charge in [0.1, 0.15) is 70.6 Å². The van der Waals surface area contributed by atoms with Crippen molar-refractivity contribution >= 4 is 187 Å². The summed E-state index contributed by atoms with van der Waals surface area (Å²) in [6.45, 7) is 10.2. The first kappa shape index (κ1) is 69.9. The molecule has 562 valence electrons. The number of nitrogens with one attached hydrogen (secondary N) is 1. The molecule has 0 spiro atoms. The van der Waals surface area contributed by atoms with E-state index in [0.29, 0.717) is 103 Å². The molecule has 3 aliphatic heterocycles. The smallest absolute Gasteiger partial charge is 0.223 e. The topological polar surface area (TPSA) is 419 Å². The van der Waals surface area contributed by atoms with Crippen molar-refractivity contribution in [2.45, 2.75) is 52.2 Å². The number of fused-ring (bicyclic) bond motifs is 9. The normalized spacial score (nSPS) is 14.1. The Morgan fingerprint density at radius 2 is 0.708 bits per heavy atom. The molecule has 15 heterocycles. The van der Waals surface area contributed by atoms with Crippen LogP contribution in [0.25, 0.3) is 131 Å². The summed E-state index contributed by atoms with van der Waals surface area (Å²) in [6.07, 6.45) is 8.97. The first-order valence-electron chi connectivity index (χ1n) is 36.8. The van der Waals surface area contributed by atoms with E-state index >= 15 is 0 Å². The zero-order valence-electron chi connectivity index (χ0n) is 61.2. The Hall–Kier alpha value is -13.5. The molecule has 0 atom stereocenters. The Kier molecular flexibility index (Phi) is 18.0. The number of piperazine rings is 1. The molecule has 0 radical (unpaired) electrons. The van der Waals surface area contributed by atoms with Crippen LogP contribution < -0.4 is 48.7 Å². The predicted octanol–water partition coefficient (Wildman–Crippen LogP) is 11.1. The van der Waals surface area contributed by atoms with Gasteiger partial charge in [-0.25, -0.2) is 88.8 Å². The first-order valence-corrected chi connectivity index (χ1v) is 39.3. The lowest BCUT2D eigenvalue weighted by atomic mass is 10.1. The molecule has 21 rings (SSSR count). The number of aromatic nitrogens is 21. The second kappa shape index (κ2) is 29.1. The average molecular weight is 1550 g/mol. The van der Waals surface area contributed by atoms with E-state index in [-0.39, 0.29) is 5.91 Å². The van der Waals surface area contributed by atoms with Crippen LogP contribution in [0, 0.1) is 0 Å². The lowest BCUT2D eigenvalue weighted by molar-refractivity contribution is -0.114. The molecule has 6 aromatic carbocycles. The molecule has 32 nitrogen and oxygen atoms in total. The summed E-state index contributed by atoms with van der Waals surface area (Å²) in [5.41, 5.74) is 47.9. The zero-order chi connectivity index (χ0) is 76.5. The van der Waals surface area contributed by atoms with Crippen LogP contribution in [0.1, 0.15) is 49.7 Å². The molecule has 1 amide bonds. The number of para-hydroxylation sites is 6. The van der Waals surface area contributed by atoms with Crippen molar-refractivity contribution < 1.29 is 4.79 Å². The number of nitrogens with two attached hydrogens (primary N) is 5. The number of amides is 1. The van der Waals surface area contributed by atoms with Crippen molar-refractivity contribution in [2.24, 2.45) is 0 Å². The Morgan fingerprint density at radius 3 is 1.06 bits per heavy atom. The number of likely N-dealkylation sites (N-methyl/N-ethyl adjacent to an activating group) is 1. The number of nitrogens with zero attached hydrogens (tertiary/aromatic N) is 25. The highest BCUT2D eigenvalue weighted by atomic mass is 32.1. The van der Waals surface area contributed by atoms with Gasteiger partial charge in [0, 0.05) is 76.0 Å². The van der Waals surface area contributed by atoms with Crippen LogP contribution in [-0.4, -0.2) is 174 Å². The van der Waals surface area contributed by atoms with Crippen LogP contribution in [0.2, 0.25) is 0 Å². The number of carbonyl (C=O) groups excluding carboxylic acids is 1. The van der Waals surface area contributed by atoms with Gasteiger partial charge in [0.2, 0.25) is 5.91 Å². The molecular weight excluding hydrogens is 1480 g/mol. The van der Waals surface area contributed by atoms with E-state index in [1.54, 1.807) is 0 Å². The molecular formula is C78H71N31OS3. The number of carbonyl (C=O) groups is 1. The van der Waals surface area contributed by atoms with Gasteiger partial charge in [-0.1, -0.05) is 88.6 Å². The molecule has 0 aliphatic carbocycles. The summed E-state index contributed by atoms with van der Waals surface area (Å²) in [5, 5.41) is 21.4. The van der Waals surface area contributed by atoms with Crippen LogP contribution in [0.5, 0.6) is 0 Å². The molecule has 0 bridgehead atoms. The van der Waals surface area contributed by atoms with Crippen molar-refractivity contribution in [3.8, 4) is 33.8 Å². The molecule has 11 N–H and O–H groups in total. The SMILES string of the molecule is CC(=O)Nc1nc2ccc(-c3nn(Cc4nc5ccccc5nc4N4CCCC4)c4ncnc(N)c34)cc2s1.CN1CCN(c2nc3ccccc3nc2Cn2nc(-c3ccc4nc(N)sc4c3)c3c(N)ncnc32)CC1.Nc1nc2ccc(-c3nn(Cc4nc5ccccc5nc4N4CCCC4)c4ncnc(N)c34)cc2s1. The molecule has 35 heteroatoms. The minimum absolute atomic E-state index is 0.158. The quantitative estimate of drug-likeness (QED) is 0.0624. The number of anilines is 9. The Balaban J connectivity index is 0.000000114. The molecule has 113 heavy (non-hydrogen) atoms. The Labute approximate surface area is 654 Å². The van der Waals surface area contributed by atoms with E-state index < -0.39 is 0 Å². The number of nitrogen functional groups attached to an aromatic ring is 5. The maximum absolute atomic E-state index is 11.5. The summed E-state index contributed by atoms with van der Waals surface area (Å²) in [5.74, 6) is 3.63. The molecule has 12 aromatic heterocycles. The summed E-state index contributed by atoms with van der Waals surface area (Å²) < 4.78 is 8.43. The minimum Gasteiger partial charge on any atom is -0.383 e. The summed E-state index contributed by atoms with van der Waals surface area (Å²) >= 11 is 4.29. The summed E-state index contributed by atoms with van der Waals surface area (Å²) in [4.78, 5) is 90.6. The van der Waals surface area contributed by atoms with Crippen molar-refractivity contribution in [3.05, 3.63) is 163 Å². The number of thiazole rings is 3. The van der Waals surface area contributed by atoms with Gasteiger partial charge in [-0.3, -0.25) is 4.79 Å². The van der Waals surface area contributed by atoms with Crippen molar-refractivity contribution in [2.75, 3.05) is 108 Å². The molecule has 18 aromatic rings. The van der Waals surface area contributed by atoms with Crippen molar-refractivity contribution in [1.82, 2.24) is 109 Å². The van der Waals surface area contributed by atoms with Crippen LogP contribution in [0.4, 0.5) is 50.3 Å². The molecule has 0 saturated carbocycles. The molecule has 0 unspecified atom stereocenters. The van der Waals surface area contributed by atoms with Crippen LogP contribution in [-0.2, 0) is 24.4 Å². The van der Waals surface area contributed by atoms with Crippen LogP contribution >= 0.6 is 34.0 Å². The first-order chi connectivity index (χ1) is 55.2. The highest BCUT2D eigenvalue weighted by Crippen LogP contribution is 2.40. The lowest BCUT2D eigenvalue weighted by Crippen LogP contribution is -2.45. The van der Waals surface area contributed by atoms with E-state index in [9.17, 15) is 4.79 Å². The summed E-state index contributed by atoms with van der Waals surface area (Å²) in [6, 6.07) is 41.6. The van der Waals surface area contributed by atoms with Gasteiger partial charge in [-0.05, 0) is 106 Å². The number of hydrogen-bond acceptors (Lipinski definition) is 31. The van der Waals surface area contributed by atoms with E-state index in [4.69, 9.17) is 73.9 Å². The predicted molar refractivity (Wildman–Crippen MR) is 447 cm³/mol. The van der Waals surface area contributed by atoms with Gasteiger partial charge in [-0.15, -0.1) is 0 Å². The van der Waals surface area contributed by atoms with Crippen molar-refractivity contribution in [3.63, 3.8) is 0 Å². The van der Waals surface area contributed by atoms with Gasteiger partial charge in [0.15, 0.2) is 49.8 Å². The average Bonchev–Trinajstić information content (AvgIpc) is 1.58. The van der Waals surface area contributed by atoms with E-state index in [0.717, 1.165) is 193 Å². The fourth-order valence-electron chi connectivity index (χ4n) is 14.9. The van der Waals surface area contributed by atoms with Crippen LogP contribution in [0.15, 0.2) is 146 Å². The fourth-order valence-corrected chi connectivity index (χ4v) is 17.4. The summed E-state index contributed by atoms with van der Waals surface area (Å²) in [7, 11) is 2.14. The third-order valence-corrected chi connectivity index (χ3v) is 23.0. The maximum atomic E-state index is 11.5. The van der Waals surface area contributed by atoms with Crippen LogP contribution in [0.3, 0.4) is 0 Å². The second-order valence-corrected chi connectivity index (χ2v) is 31.0. The van der Waals surface area contributed by atoms with E-state index in [1.165, 1.54) is 59.9 Å². The van der Waals surface area contributed by atoms with Gasteiger partial charge in [0.25, 0.3) is 0 Å². The van der Waals surface area contributed by atoms with E-state index in [2.05, 4.69) is 76.8 Å². The third kappa shape index (κ3) is 13.5. The van der Waals surface area contributed by atoms with Gasteiger partial charge in [-0.2, -0.15) is 15.3 Å². The number of benzene rings is 6. The van der Waals surface area contributed by atoms with Gasteiger partial charge < -0.3 is 53.6 Å². The minimum atomic E-state index is -0.158. The highest BCUT2D eigenvalue weighted by Gasteiger charge is 2.29. The van der Waals surface area contributed by atoms with Gasteiger partial charge >= 0.3 is 0 Å². The third-order valence-electron chi connectivity index (χ3n) is 20.4. The molecule has 3 aliphatic rings. The largest absolute Gasteiger partial charge is 0.383 e. The Morgan fingerprint density at radius 1 is 0.381 bits per heavy atom. The lowest BCUT2D eigenvalue weighted by Gasteiger charge is -2.34. The second-order valence-electron chi connectivity index (χ2n) is 27.9. The zero-order valence-corrected chi connectivity index (χ0v) is 63.6. The van der Waals surface area contributed by atoms with Gasteiger partial charge in [0.05, 0.1) is 99.5 Å². The highest BCUT2D eigenvalue weighted by molar-refractivity contribution is 7.22. The molecule has 3 fully saturated rings. The Bertz CT molecular complexity index is 6750. The molecule has 3 saturated heterocycles. The maximum Gasteiger partial charge on any atom is 0.223 e. The number of rotatable bonds is 13. The number of hydrogen-bond donors (Lipinski definition) is 6. The van der Waals surface area contributed by atoms with E-state index in [1.807, 2.05) is 141 Å². The monoisotopic (exact) mass is 1550 g/mol. The fraction of sp³-hybridized carbons (Fsp3) is 0.218. The standard InChI is InChI=1S/C27H24N10OS.C26H25N11S.C25H22N10S/c1-15(38)31-27-34-19-9-8-16(12-21(19)39-27)23-22-24(28)29-14-30-26(22)37(35-23)13-20-25(36-10-4-5-11-36)33-18-7-3-2-6-17(18)32-20;1-35-8-10-36(11-9-35)24-19(31-16-4-2-3-5-17(16)32-24)13-37-25-21(23(27)29-14-30-25)22(34-37)15-6-7-18-20(12-15)38-26(28)33-18;26-22-20-21(14-7-8-17-19(11-14)36-25(27)32-17)33-35(24(20)29-13-28-22)12-18-23(34-9-3-4-10-34)31-16-6-2-1-5-15(16)30-18/h2-3,6-9,12,14H,4-5,10-11,13H2,1H3,(H2,28,29,30)(H,31,34,38);2-7,12,14H,8-11,13H2,1H3,(H2,28,33)(H2,27,29,30);1-2,5-8,11,13H,3-4,9-10,12H2,(H2,27,32)(H2,26,28,29).